The fraction of sp³-hybridized carbons (Fsp3) is 0.918. The smallest absolute Gasteiger partial charge is 0.462 e. The average Bonchev–Trinajstić information content (AvgIpc) is 3.24. The third kappa shape index (κ3) is 44.8. The molecule has 0 heterocycles. The summed E-state index contributed by atoms with van der Waals surface area (Å²) in [6.45, 7) is 2.41. The van der Waals surface area contributed by atoms with Crippen LogP contribution in [0.2, 0.25) is 0 Å². The Bertz CT molecular complexity index is 1010. The minimum Gasteiger partial charge on any atom is -0.462 e. The summed E-state index contributed by atoms with van der Waals surface area (Å²) in [6, 6.07) is 0. The zero-order valence-electron chi connectivity index (χ0n) is 38.9. The molecular weight excluding hydrogens is 780 g/mol. The van der Waals surface area contributed by atoms with Crippen LogP contribution in [0.1, 0.15) is 251 Å². The largest absolute Gasteiger partial charge is 0.472 e. The summed E-state index contributed by atoms with van der Waals surface area (Å²) in [5.41, 5.74) is 0. The summed E-state index contributed by atoms with van der Waals surface area (Å²) < 4.78 is 32.8. The molecule has 0 aliphatic rings. The molecule has 11 heteroatoms. The minimum absolute atomic E-state index is 0.183. The number of hydrogen-bond donors (Lipinski definition) is 3. The third-order valence-electron chi connectivity index (χ3n) is 11.2. The number of phosphoric ester groups is 1. The van der Waals surface area contributed by atoms with Gasteiger partial charge in [-0.1, -0.05) is 212 Å². The van der Waals surface area contributed by atoms with Crippen LogP contribution in [0, 0.1) is 0 Å². The Balaban J connectivity index is 4.12. The van der Waals surface area contributed by atoms with Gasteiger partial charge in [0.2, 0.25) is 0 Å². The summed E-state index contributed by atoms with van der Waals surface area (Å²) in [4.78, 5) is 35.1. The van der Waals surface area contributed by atoms with Crippen LogP contribution in [0.4, 0.5) is 0 Å². The van der Waals surface area contributed by atoms with Gasteiger partial charge in [0.1, 0.15) is 12.7 Å². The Hall–Kier alpha value is -1.29. The van der Waals surface area contributed by atoms with Crippen molar-refractivity contribution in [3.63, 3.8) is 0 Å². The van der Waals surface area contributed by atoms with E-state index in [2.05, 4.69) is 26.0 Å². The van der Waals surface area contributed by atoms with E-state index >= 15 is 0 Å². The van der Waals surface area contributed by atoms with E-state index < -0.39 is 51.8 Å². The number of esters is 2. The van der Waals surface area contributed by atoms with Crippen molar-refractivity contribution in [2.75, 3.05) is 26.4 Å². The number of allylic oxidation sites excluding steroid dienone is 2. The van der Waals surface area contributed by atoms with Crippen LogP contribution in [-0.4, -0.2) is 65.7 Å². The molecule has 60 heavy (non-hydrogen) atoms. The van der Waals surface area contributed by atoms with Gasteiger partial charge < -0.3 is 24.6 Å². The van der Waals surface area contributed by atoms with Crippen LogP contribution in [0.25, 0.3) is 0 Å². The lowest BCUT2D eigenvalue weighted by Crippen LogP contribution is -2.29. The van der Waals surface area contributed by atoms with Gasteiger partial charge in [-0.25, -0.2) is 4.57 Å². The van der Waals surface area contributed by atoms with E-state index in [9.17, 15) is 24.2 Å². The summed E-state index contributed by atoms with van der Waals surface area (Å²) in [5, 5.41) is 18.4. The van der Waals surface area contributed by atoms with E-state index in [-0.39, 0.29) is 19.4 Å². The lowest BCUT2D eigenvalue weighted by atomic mass is 10.0. The summed E-state index contributed by atoms with van der Waals surface area (Å²) in [6.07, 6.45) is 46.1. The van der Waals surface area contributed by atoms with Gasteiger partial charge in [0.25, 0.3) is 0 Å². The summed E-state index contributed by atoms with van der Waals surface area (Å²) in [7, 11) is -4.62. The second kappa shape index (κ2) is 45.7. The topological polar surface area (TPSA) is 149 Å². The van der Waals surface area contributed by atoms with E-state index in [1.54, 1.807) is 0 Å². The van der Waals surface area contributed by atoms with Gasteiger partial charge in [-0.05, 0) is 38.5 Å². The third-order valence-corrected chi connectivity index (χ3v) is 12.1. The highest BCUT2D eigenvalue weighted by atomic mass is 31.2. The summed E-state index contributed by atoms with van der Waals surface area (Å²) >= 11 is 0. The average molecular weight is 875 g/mol. The first kappa shape index (κ1) is 58.7. The highest BCUT2D eigenvalue weighted by Gasteiger charge is 2.27. The van der Waals surface area contributed by atoms with Crippen LogP contribution in [-0.2, 0) is 32.7 Å². The van der Waals surface area contributed by atoms with E-state index in [0.717, 1.165) is 38.5 Å². The molecule has 0 spiro atoms. The Kier molecular flexibility index (Phi) is 44.7. The first-order valence-corrected chi connectivity index (χ1v) is 26.6. The molecule has 0 radical (unpaired) electrons. The molecule has 1 unspecified atom stereocenters. The van der Waals surface area contributed by atoms with Crippen molar-refractivity contribution in [2.45, 2.75) is 264 Å². The molecule has 0 fully saturated rings. The molecule has 0 aliphatic carbocycles. The van der Waals surface area contributed by atoms with Crippen LogP contribution in [0.15, 0.2) is 12.2 Å². The van der Waals surface area contributed by atoms with Crippen LogP contribution in [0.3, 0.4) is 0 Å². The van der Waals surface area contributed by atoms with E-state index in [1.165, 1.54) is 173 Å². The molecule has 3 atom stereocenters. The molecule has 0 bridgehead atoms. The number of aliphatic hydroxyl groups is 2. The van der Waals surface area contributed by atoms with Gasteiger partial charge in [-0.15, -0.1) is 0 Å². The predicted octanol–water partition coefficient (Wildman–Crippen LogP) is 14.0. The molecule has 3 N–H and O–H groups in total. The zero-order valence-corrected chi connectivity index (χ0v) is 39.8. The number of phosphoric acid groups is 1. The number of unbranched alkanes of at least 4 members (excludes halogenated alkanes) is 32. The molecule has 0 amide bonds. The number of hydrogen-bond acceptors (Lipinski definition) is 9. The lowest BCUT2D eigenvalue weighted by molar-refractivity contribution is -0.161. The number of aliphatic hydroxyl groups excluding tert-OH is 2. The van der Waals surface area contributed by atoms with Crippen LogP contribution in [0.5, 0.6) is 0 Å². The van der Waals surface area contributed by atoms with Gasteiger partial charge in [0, 0.05) is 12.8 Å². The number of rotatable bonds is 48. The molecule has 0 aliphatic heterocycles. The van der Waals surface area contributed by atoms with Crippen molar-refractivity contribution >= 4 is 19.8 Å². The molecule has 10 nitrogen and oxygen atoms in total. The highest BCUT2D eigenvalue weighted by molar-refractivity contribution is 7.47. The second-order valence-corrected chi connectivity index (χ2v) is 18.7. The van der Waals surface area contributed by atoms with Crippen LogP contribution >= 0.6 is 7.82 Å². The fourth-order valence-electron chi connectivity index (χ4n) is 7.28. The normalized spacial score (nSPS) is 13.8. The second-order valence-electron chi connectivity index (χ2n) is 17.2. The maximum Gasteiger partial charge on any atom is 0.472 e. The van der Waals surface area contributed by atoms with Gasteiger partial charge in [-0.2, -0.15) is 0 Å². The Morgan fingerprint density at radius 1 is 0.483 bits per heavy atom. The van der Waals surface area contributed by atoms with Gasteiger partial charge in [-0.3, -0.25) is 18.6 Å². The maximum absolute atomic E-state index is 12.6. The Labute approximate surface area is 368 Å². The monoisotopic (exact) mass is 875 g/mol. The number of carbonyl (C=O) groups excluding carboxylic acids is 2. The van der Waals surface area contributed by atoms with Crippen molar-refractivity contribution in [3.8, 4) is 0 Å². The first-order chi connectivity index (χ1) is 29.2. The zero-order chi connectivity index (χ0) is 44.0. The molecule has 0 aromatic carbocycles. The lowest BCUT2D eigenvalue weighted by Gasteiger charge is -2.20. The quantitative estimate of drug-likeness (QED) is 0.0233. The van der Waals surface area contributed by atoms with Crippen molar-refractivity contribution < 1.29 is 47.8 Å². The summed E-state index contributed by atoms with van der Waals surface area (Å²) in [5.74, 6) is -0.915. The molecule has 0 saturated heterocycles. The maximum atomic E-state index is 12.6. The minimum atomic E-state index is -4.62. The van der Waals surface area contributed by atoms with Crippen LogP contribution < -0.4 is 0 Å². The van der Waals surface area contributed by atoms with Crippen molar-refractivity contribution in [1.82, 2.24) is 0 Å². The van der Waals surface area contributed by atoms with E-state index in [1.807, 2.05) is 0 Å². The van der Waals surface area contributed by atoms with Gasteiger partial charge in [0.15, 0.2) is 6.10 Å². The number of ether oxygens (including phenoxy) is 2. The van der Waals surface area contributed by atoms with E-state index in [0.29, 0.717) is 12.8 Å². The number of carbonyl (C=O) groups is 2. The highest BCUT2D eigenvalue weighted by Crippen LogP contribution is 2.43. The predicted molar refractivity (Wildman–Crippen MR) is 247 cm³/mol. The molecule has 356 valence electrons. The SMILES string of the molecule is CCCCCC/C=C/CCCCCCCCCC(=O)O[C@H](COC(=O)CCCCCCCCCCCCCCCCCCCCCCCC)COP(=O)(O)OC[C@H](O)CO. The molecule has 0 saturated carbocycles. The van der Waals surface area contributed by atoms with Gasteiger partial charge >= 0.3 is 19.8 Å². The fourth-order valence-corrected chi connectivity index (χ4v) is 8.07. The van der Waals surface area contributed by atoms with Crippen molar-refractivity contribution in [1.29, 1.82) is 0 Å². The van der Waals surface area contributed by atoms with Crippen molar-refractivity contribution in [2.24, 2.45) is 0 Å². The molecule has 0 aromatic rings. The molecular formula is C49H95O10P. The van der Waals surface area contributed by atoms with Crippen molar-refractivity contribution in [3.05, 3.63) is 12.2 Å². The Morgan fingerprint density at radius 2 is 0.817 bits per heavy atom. The molecule has 0 rings (SSSR count). The molecule has 0 aromatic heterocycles. The van der Waals surface area contributed by atoms with E-state index in [4.69, 9.17) is 23.6 Å². The Morgan fingerprint density at radius 3 is 1.22 bits per heavy atom. The van der Waals surface area contributed by atoms with Gasteiger partial charge in [0.05, 0.1) is 19.8 Å². The first-order valence-electron chi connectivity index (χ1n) is 25.1. The standard InChI is InChI=1S/C49H95O10P/c1-3-5-7-9-11-13-15-17-19-20-21-22-23-24-25-27-28-30-32-34-36-38-40-48(52)56-44-47(45-58-60(54,55)57-43-46(51)42-50)59-49(53)41-39-37-35-33-31-29-26-18-16-14-12-10-8-6-4-2/h14,16,46-47,50-51H,3-13,15,17-45H2,1-2H3,(H,54,55)/b16-14+/t46-,47-/m1/s1.